The van der Waals surface area contributed by atoms with Crippen molar-refractivity contribution in [2.24, 2.45) is 5.92 Å². The van der Waals surface area contributed by atoms with Crippen LogP contribution in [0.15, 0.2) is 42.5 Å². The Morgan fingerprint density at radius 1 is 1.15 bits per heavy atom. The molecule has 0 bridgehead atoms. The van der Waals surface area contributed by atoms with Crippen LogP contribution in [0.4, 0.5) is 0 Å². The first-order valence-electron chi connectivity index (χ1n) is 6.40. The summed E-state index contributed by atoms with van der Waals surface area (Å²) in [4.78, 5) is 23.5. The second kappa shape index (κ2) is 5.65. The maximum absolute atomic E-state index is 12.4. The van der Waals surface area contributed by atoms with Gasteiger partial charge in [-0.05, 0) is 17.2 Å². The van der Waals surface area contributed by atoms with Crippen molar-refractivity contribution in [3.63, 3.8) is 0 Å². The molecule has 0 saturated heterocycles. The zero-order chi connectivity index (χ0) is 14.7. The molecule has 102 valence electrons. The molecule has 2 aromatic rings. The number of carbonyl (C=O) groups excluding carboxylic acids is 1. The molecule has 0 aliphatic heterocycles. The van der Waals surface area contributed by atoms with Gasteiger partial charge in [0.1, 0.15) is 5.92 Å². The van der Waals surface area contributed by atoms with Crippen molar-refractivity contribution in [1.29, 1.82) is 5.41 Å². The normalized spacial score (nSPS) is 12.1. The Hall–Kier alpha value is -2.49. The van der Waals surface area contributed by atoms with E-state index in [9.17, 15) is 9.59 Å². The van der Waals surface area contributed by atoms with Gasteiger partial charge in [-0.3, -0.25) is 9.59 Å². The van der Waals surface area contributed by atoms with Gasteiger partial charge in [0.2, 0.25) is 5.78 Å². The van der Waals surface area contributed by atoms with Gasteiger partial charge in [-0.15, -0.1) is 0 Å². The molecule has 0 amide bonds. The highest BCUT2D eigenvalue weighted by Gasteiger charge is 2.27. The fraction of sp³-hybridized carbons (Fsp3) is 0.188. The Morgan fingerprint density at radius 3 is 2.45 bits per heavy atom. The topological polar surface area (TPSA) is 78.2 Å². The Morgan fingerprint density at radius 2 is 1.80 bits per heavy atom. The van der Waals surface area contributed by atoms with E-state index in [1.54, 1.807) is 25.1 Å². The highest BCUT2D eigenvalue weighted by Crippen LogP contribution is 2.21. The van der Waals surface area contributed by atoms with Crippen molar-refractivity contribution in [2.45, 2.75) is 13.3 Å². The van der Waals surface area contributed by atoms with Gasteiger partial charge in [0.25, 0.3) is 0 Å². The van der Waals surface area contributed by atoms with Gasteiger partial charge in [-0.25, -0.2) is 0 Å². The first-order chi connectivity index (χ1) is 9.56. The van der Waals surface area contributed by atoms with Crippen LogP contribution in [0, 0.1) is 11.3 Å². The van der Waals surface area contributed by atoms with E-state index in [0.717, 1.165) is 10.8 Å². The van der Waals surface area contributed by atoms with E-state index in [2.05, 4.69) is 0 Å². The fourth-order valence-corrected chi connectivity index (χ4v) is 2.23. The fourth-order valence-electron chi connectivity index (χ4n) is 2.23. The zero-order valence-corrected chi connectivity index (χ0v) is 11.1. The maximum Gasteiger partial charge on any atom is 0.312 e. The SMILES string of the molecule is CC[C@@H](C(=N)C(=O)c1cccc2ccccc12)C(=O)O. The lowest BCUT2D eigenvalue weighted by atomic mass is 9.91. The molecule has 0 aliphatic rings. The number of rotatable bonds is 5. The van der Waals surface area contributed by atoms with Gasteiger partial charge in [0, 0.05) is 5.56 Å². The van der Waals surface area contributed by atoms with Crippen molar-refractivity contribution < 1.29 is 14.7 Å². The largest absolute Gasteiger partial charge is 0.481 e. The Kier molecular flexibility index (Phi) is 3.94. The average Bonchev–Trinajstić information content (AvgIpc) is 2.46. The standard InChI is InChI=1S/C16H15NO3/c1-2-11(16(19)20)14(17)15(18)13-9-5-7-10-6-3-4-8-12(10)13/h3-9,11,17H,2H2,1H3,(H,19,20)/t11-/m0/s1. The number of carbonyl (C=O) groups is 2. The summed E-state index contributed by atoms with van der Waals surface area (Å²) in [5.74, 6) is -2.70. The van der Waals surface area contributed by atoms with Crippen LogP contribution in [0.3, 0.4) is 0 Å². The third kappa shape index (κ3) is 2.45. The van der Waals surface area contributed by atoms with Gasteiger partial charge in [0.05, 0.1) is 5.71 Å². The number of Topliss-reactive ketones (excluding diaryl/α,β-unsaturated/α-hetero) is 1. The van der Waals surface area contributed by atoms with Crippen LogP contribution in [0.25, 0.3) is 10.8 Å². The lowest BCUT2D eigenvalue weighted by Crippen LogP contribution is -2.29. The van der Waals surface area contributed by atoms with Crippen molar-refractivity contribution >= 4 is 28.2 Å². The molecule has 1 atom stereocenters. The maximum atomic E-state index is 12.4. The van der Waals surface area contributed by atoms with Crippen molar-refractivity contribution in [1.82, 2.24) is 0 Å². The summed E-state index contributed by atoms with van der Waals surface area (Å²) in [6, 6.07) is 12.6. The predicted molar refractivity (Wildman–Crippen MR) is 77.4 cm³/mol. The average molecular weight is 269 g/mol. The van der Waals surface area contributed by atoms with Crippen LogP contribution >= 0.6 is 0 Å². The van der Waals surface area contributed by atoms with E-state index in [1.807, 2.05) is 24.3 Å². The van der Waals surface area contributed by atoms with Crippen LogP contribution in [0.1, 0.15) is 23.7 Å². The van der Waals surface area contributed by atoms with Crippen LogP contribution in [0.5, 0.6) is 0 Å². The molecular formula is C16H15NO3. The molecule has 0 spiro atoms. The van der Waals surface area contributed by atoms with Crippen molar-refractivity contribution in [2.75, 3.05) is 0 Å². The molecule has 20 heavy (non-hydrogen) atoms. The van der Waals surface area contributed by atoms with E-state index in [-0.39, 0.29) is 12.1 Å². The molecule has 0 aromatic heterocycles. The number of carboxylic acid groups (broad SMARTS) is 1. The molecule has 0 aliphatic carbocycles. The van der Waals surface area contributed by atoms with Crippen molar-refractivity contribution in [3.8, 4) is 0 Å². The first-order valence-corrected chi connectivity index (χ1v) is 6.40. The molecule has 2 rings (SSSR count). The summed E-state index contributed by atoms with van der Waals surface area (Å²) >= 11 is 0. The van der Waals surface area contributed by atoms with Gasteiger partial charge in [0.15, 0.2) is 0 Å². The number of carboxylic acids is 1. The molecule has 0 heterocycles. The lowest BCUT2D eigenvalue weighted by molar-refractivity contribution is -0.139. The van der Waals surface area contributed by atoms with E-state index in [1.165, 1.54) is 0 Å². The minimum atomic E-state index is -1.13. The predicted octanol–water partition coefficient (Wildman–Crippen LogP) is 3.15. The van der Waals surface area contributed by atoms with E-state index in [4.69, 9.17) is 10.5 Å². The molecule has 0 saturated carbocycles. The Balaban J connectivity index is 2.46. The van der Waals surface area contributed by atoms with E-state index >= 15 is 0 Å². The molecule has 2 aromatic carbocycles. The summed E-state index contributed by atoms with van der Waals surface area (Å²) in [5, 5.41) is 18.6. The van der Waals surface area contributed by atoms with Gasteiger partial charge in [-0.1, -0.05) is 49.4 Å². The molecule has 4 nitrogen and oxygen atoms in total. The number of fused-ring (bicyclic) bond motifs is 1. The minimum Gasteiger partial charge on any atom is -0.481 e. The minimum absolute atomic E-state index is 0.227. The zero-order valence-electron chi connectivity index (χ0n) is 11.1. The van der Waals surface area contributed by atoms with Crippen LogP contribution in [0.2, 0.25) is 0 Å². The number of nitrogens with one attached hydrogen (secondary N) is 1. The summed E-state index contributed by atoms with van der Waals surface area (Å²) in [6.07, 6.45) is 0.227. The highest BCUT2D eigenvalue weighted by atomic mass is 16.4. The third-order valence-corrected chi connectivity index (χ3v) is 3.33. The van der Waals surface area contributed by atoms with Crippen molar-refractivity contribution in [3.05, 3.63) is 48.0 Å². The Bertz CT molecular complexity index is 686. The highest BCUT2D eigenvalue weighted by molar-refractivity contribution is 6.49. The molecule has 4 heteroatoms. The summed E-state index contributed by atoms with van der Waals surface area (Å²) < 4.78 is 0. The lowest BCUT2D eigenvalue weighted by Gasteiger charge is -2.12. The van der Waals surface area contributed by atoms with E-state index < -0.39 is 17.7 Å². The number of aliphatic carboxylic acids is 1. The smallest absolute Gasteiger partial charge is 0.312 e. The molecule has 0 fully saturated rings. The molecule has 0 unspecified atom stereocenters. The third-order valence-electron chi connectivity index (χ3n) is 3.33. The number of hydrogen-bond donors (Lipinski definition) is 2. The number of hydrogen-bond acceptors (Lipinski definition) is 3. The molecule has 2 N–H and O–H groups in total. The van der Waals surface area contributed by atoms with Gasteiger partial charge < -0.3 is 10.5 Å². The van der Waals surface area contributed by atoms with E-state index in [0.29, 0.717) is 5.56 Å². The molecule has 0 radical (unpaired) electrons. The monoisotopic (exact) mass is 269 g/mol. The Labute approximate surface area is 116 Å². The second-order valence-corrected chi connectivity index (χ2v) is 4.57. The summed E-state index contributed by atoms with van der Waals surface area (Å²) in [5.41, 5.74) is 0.0177. The second-order valence-electron chi connectivity index (χ2n) is 4.57. The number of ketones is 1. The van der Waals surface area contributed by atoms with Gasteiger partial charge in [-0.2, -0.15) is 0 Å². The van der Waals surface area contributed by atoms with Crippen LogP contribution in [-0.4, -0.2) is 22.6 Å². The summed E-state index contributed by atoms with van der Waals surface area (Å²) in [6.45, 7) is 1.66. The quantitative estimate of drug-likeness (QED) is 0.646. The van der Waals surface area contributed by atoms with Gasteiger partial charge >= 0.3 is 5.97 Å². The summed E-state index contributed by atoms with van der Waals surface area (Å²) in [7, 11) is 0. The molecular weight excluding hydrogens is 254 g/mol. The van der Waals surface area contributed by atoms with Crippen LogP contribution < -0.4 is 0 Å². The van der Waals surface area contributed by atoms with Crippen LogP contribution in [-0.2, 0) is 4.79 Å². The first kappa shape index (κ1) is 13.9. The number of benzene rings is 2.